The van der Waals surface area contributed by atoms with Crippen molar-refractivity contribution in [1.29, 1.82) is 0 Å². The summed E-state index contributed by atoms with van der Waals surface area (Å²) in [4.78, 5) is 35.7. The Morgan fingerprint density at radius 1 is 1.15 bits per heavy atom. The number of hydrogen-bond acceptors (Lipinski definition) is 4. The van der Waals surface area contributed by atoms with E-state index in [-0.39, 0.29) is 10.6 Å². The van der Waals surface area contributed by atoms with Crippen LogP contribution in [0, 0.1) is 5.82 Å². The molecule has 0 spiro atoms. The zero-order valence-electron chi connectivity index (χ0n) is 14.1. The van der Waals surface area contributed by atoms with Crippen molar-refractivity contribution in [2.45, 2.75) is 13.0 Å². The molecule has 2 aromatic rings. The molecule has 6 nitrogen and oxygen atoms in total. The topological polar surface area (TPSA) is 84.5 Å². The van der Waals surface area contributed by atoms with Crippen LogP contribution in [0.5, 0.6) is 0 Å². The molecule has 0 fully saturated rings. The van der Waals surface area contributed by atoms with Gasteiger partial charge in [0.05, 0.1) is 10.7 Å². The monoisotopic (exact) mass is 412 g/mol. The van der Waals surface area contributed by atoms with Gasteiger partial charge in [-0.1, -0.05) is 29.3 Å². The third-order valence-corrected chi connectivity index (χ3v) is 3.89. The maximum Gasteiger partial charge on any atom is 0.326 e. The summed E-state index contributed by atoms with van der Waals surface area (Å²) in [5.74, 6) is -2.65. The smallest absolute Gasteiger partial charge is 0.326 e. The Labute approximate surface area is 164 Å². The third-order valence-electron chi connectivity index (χ3n) is 3.35. The first kappa shape index (κ1) is 20.7. The lowest BCUT2D eigenvalue weighted by atomic mass is 10.2. The Morgan fingerprint density at radius 3 is 2.56 bits per heavy atom. The number of anilines is 1. The predicted molar refractivity (Wildman–Crippen MR) is 99.4 cm³/mol. The van der Waals surface area contributed by atoms with E-state index in [4.69, 9.17) is 27.9 Å². The molecular formula is C18H15Cl2FN2O4. The molecule has 1 atom stereocenters. The van der Waals surface area contributed by atoms with Gasteiger partial charge < -0.3 is 15.4 Å². The van der Waals surface area contributed by atoms with Crippen LogP contribution in [0.15, 0.2) is 42.5 Å². The van der Waals surface area contributed by atoms with Gasteiger partial charge in [0.25, 0.3) is 11.8 Å². The minimum atomic E-state index is -1.13. The van der Waals surface area contributed by atoms with Crippen molar-refractivity contribution in [3.05, 3.63) is 63.9 Å². The fourth-order valence-electron chi connectivity index (χ4n) is 2.00. The molecule has 27 heavy (non-hydrogen) atoms. The number of amides is 2. The highest BCUT2D eigenvalue weighted by Gasteiger charge is 2.19. The highest BCUT2D eigenvalue weighted by molar-refractivity contribution is 6.36. The summed E-state index contributed by atoms with van der Waals surface area (Å²) >= 11 is 11.7. The standard InChI is InChI=1S/C18H15Cl2FN2O4/c1-10(17(25)23-15-6-5-12(19)8-14(15)20)27-16(24)9-22-18(26)11-3-2-4-13(21)7-11/h2-8,10H,9H2,1H3,(H,22,26)(H,23,25)/t10-/m0/s1. The molecule has 2 aromatic carbocycles. The molecule has 142 valence electrons. The van der Waals surface area contributed by atoms with Crippen LogP contribution in [0.25, 0.3) is 0 Å². The first-order chi connectivity index (χ1) is 12.8. The number of halogens is 3. The van der Waals surface area contributed by atoms with Gasteiger partial charge in [-0.3, -0.25) is 14.4 Å². The number of esters is 1. The summed E-state index contributed by atoms with van der Waals surface area (Å²) in [7, 11) is 0. The van der Waals surface area contributed by atoms with E-state index in [1.165, 1.54) is 37.3 Å². The lowest BCUT2D eigenvalue weighted by Gasteiger charge is -2.14. The van der Waals surface area contributed by atoms with Gasteiger partial charge >= 0.3 is 5.97 Å². The second-order valence-electron chi connectivity index (χ2n) is 5.44. The molecule has 0 radical (unpaired) electrons. The minimum Gasteiger partial charge on any atom is -0.451 e. The van der Waals surface area contributed by atoms with E-state index < -0.39 is 36.2 Å². The van der Waals surface area contributed by atoms with Crippen LogP contribution in [-0.4, -0.2) is 30.4 Å². The molecule has 0 heterocycles. The molecule has 0 saturated carbocycles. The molecule has 0 aliphatic heterocycles. The maximum atomic E-state index is 13.1. The van der Waals surface area contributed by atoms with Crippen LogP contribution in [0.4, 0.5) is 10.1 Å². The van der Waals surface area contributed by atoms with Crippen molar-refractivity contribution in [2.75, 3.05) is 11.9 Å². The van der Waals surface area contributed by atoms with Gasteiger partial charge in [-0.15, -0.1) is 0 Å². The van der Waals surface area contributed by atoms with Gasteiger partial charge in [0.2, 0.25) is 0 Å². The van der Waals surface area contributed by atoms with Gasteiger partial charge in [0, 0.05) is 10.6 Å². The van der Waals surface area contributed by atoms with Crippen LogP contribution in [0.1, 0.15) is 17.3 Å². The summed E-state index contributed by atoms with van der Waals surface area (Å²) in [6.07, 6.45) is -1.13. The van der Waals surface area contributed by atoms with E-state index >= 15 is 0 Å². The van der Waals surface area contributed by atoms with Crippen LogP contribution >= 0.6 is 23.2 Å². The lowest BCUT2D eigenvalue weighted by Crippen LogP contribution is -2.35. The zero-order chi connectivity index (χ0) is 20.0. The van der Waals surface area contributed by atoms with Crippen molar-refractivity contribution >= 4 is 46.7 Å². The second-order valence-corrected chi connectivity index (χ2v) is 6.28. The molecule has 9 heteroatoms. The van der Waals surface area contributed by atoms with Crippen molar-refractivity contribution in [2.24, 2.45) is 0 Å². The Morgan fingerprint density at radius 2 is 1.89 bits per heavy atom. The molecule has 2 rings (SSSR count). The van der Waals surface area contributed by atoms with Gasteiger partial charge in [0.15, 0.2) is 6.10 Å². The molecule has 2 amide bonds. The molecule has 0 bridgehead atoms. The third kappa shape index (κ3) is 6.23. The van der Waals surface area contributed by atoms with Gasteiger partial charge in [-0.05, 0) is 43.3 Å². The van der Waals surface area contributed by atoms with Crippen molar-refractivity contribution in [3.63, 3.8) is 0 Å². The van der Waals surface area contributed by atoms with Crippen LogP contribution in [-0.2, 0) is 14.3 Å². The number of hydrogen-bond donors (Lipinski definition) is 2. The number of nitrogens with one attached hydrogen (secondary N) is 2. The van der Waals surface area contributed by atoms with Gasteiger partial charge in [-0.25, -0.2) is 4.39 Å². The van der Waals surface area contributed by atoms with Gasteiger partial charge in [0.1, 0.15) is 12.4 Å². The summed E-state index contributed by atoms with van der Waals surface area (Å²) in [6, 6.07) is 9.51. The largest absolute Gasteiger partial charge is 0.451 e. The fraction of sp³-hybridized carbons (Fsp3) is 0.167. The van der Waals surface area contributed by atoms with E-state index in [1.54, 1.807) is 6.07 Å². The molecule has 0 unspecified atom stereocenters. The SMILES string of the molecule is C[C@H](OC(=O)CNC(=O)c1cccc(F)c1)C(=O)Nc1ccc(Cl)cc1Cl. The van der Waals surface area contributed by atoms with Gasteiger partial charge in [-0.2, -0.15) is 0 Å². The van der Waals surface area contributed by atoms with Crippen LogP contribution < -0.4 is 10.6 Å². The normalized spacial score (nSPS) is 11.4. The molecule has 0 aliphatic carbocycles. The van der Waals surface area contributed by atoms with E-state index in [0.29, 0.717) is 10.7 Å². The van der Waals surface area contributed by atoms with Crippen molar-refractivity contribution in [1.82, 2.24) is 5.32 Å². The highest BCUT2D eigenvalue weighted by atomic mass is 35.5. The predicted octanol–water partition coefficient (Wildman–Crippen LogP) is 3.43. The van der Waals surface area contributed by atoms with Crippen molar-refractivity contribution in [3.8, 4) is 0 Å². The number of carbonyl (C=O) groups excluding carboxylic acids is 3. The quantitative estimate of drug-likeness (QED) is 0.711. The summed E-state index contributed by atoms with van der Waals surface area (Å²) < 4.78 is 18.0. The summed E-state index contributed by atoms with van der Waals surface area (Å²) in [6.45, 7) is 0.889. The number of carbonyl (C=O) groups is 3. The van der Waals surface area contributed by atoms with Crippen LogP contribution in [0.3, 0.4) is 0 Å². The Balaban J connectivity index is 1.83. The Hall–Kier alpha value is -2.64. The maximum absolute atomic E-state index is 13.1. The van der Waals surface area contributed by atoms with E-state index in [0.717, 1.165) is 6.07 Å². The van der Waals surface area contributed by atoms with Crippen LogP contribution in [0.2, 0.25) is 10.0 Å². The Kier molecular flexibility index (Phi) is 7.15. The van der Waals surface area contributed by atoms with E-state index in [2.05, 4.69) is 10.6 Å². The highest BCUT2D eigenvalue weighted by Crippen LogP contribution is 2.25. The number of rotatable bonds is 6. The minimum absolute atomic E-state index is 0.0611. The molecule has 0 aliphatic rings. The van der Waals surface area contributed by atoms with E-state index in [1.807, 2.05) is 0 Å². The Bertz CT molecular complexity index is 876. The molecular weight excluding hydrogens is 398 g/mol. The molecule has 0 aromatic heterocycles. The summed E-state index contributed by atoms with van der Waals surface area (Å²) in [5.41, 5.74) is 0.374. The number of ether oxygens (including phenoxy) is 1. The molecule has 2 N–H and O–H groups in total. The zero-order valence-corrected chi connectivity index (χ0v) is 15.6. The number of benzene rings is 2. The second kappa shape index (κ2) is 9.34. The lowest BCUT2D eigenvalue weighted by molar-refractivity contribution is -0.152. The first-order valence-corrected chi connectivity index (χ1v) is 8.51. The first-order valence-electron chi connectivity index (χ1n) is 7.75. The average Bonchev–Trinajstić information content (AvgIpc) is 2.61. The fourth-order valence-corrected chi connectivity index (χ4v) is 2.46. The van der Waals surface area contributed by atoms with E-state index in [9.17, 15) is 18.8 Å². The molecule has 0 saturated heterocycles. The van der Waals surface area contributed by atoms with Crippen molar-refractivity contribution < 1.29 is 23.5 Å². The average molecular weight is 413 g/mol. The summed E-state index contributed by atoms with van der Waals surface area (Å²) in [5, 5.41) is 5.43.